The van der Waals surface area contributed by atoms with Gasteiger partial charge >= 0.3 is 0 Å². The van der Waals surface area contributed by atoms with E-state index in [-0.39, 0.29) is 5.82 Å². The number of para-hydroxylation sites is 1. The molecular formula is C20H18ClFN4. The van der Waals surface area contributed by atoms with Gasteiger partial charge in [0.15, 0.2) is 0 Å². The fourth-order valence-electron chi connectivity index (χ4n) is 3.12. The average Bonchev–Trinajstić information content (AvgIpc) is 2.66. The molecule has 0 saturated carbocycles. The molecule has 1 aliphatic heterocycles. The van der Waals surface area contributed by atoms with Crippen molar-refractivity contribution in [3.8, 4) is 0 Å². The zero-order valence-corrected chi connectivity index (χ0v) is 14.9. The zero-order valence-electron chi connectivity index (χ0n) is 14.1. The van der Waals surface area contributed by atoms with Gasteiger partial charge in [0, 0.05) is 42.8 Å². The third-order valence-corrected chi connectivity index (χ3v) is 4.85. The summed E-state index contributed by atoms with van der Waals surface area (Å²) < 4.78 is 13.8. The number of nitrogens with zero attached hydrogens (tertiary/aromatic N) is 3. The number of benzene rings is 2. The van der Waals surface area contributed by atoms with Crippen molar-refractivity contribution < 1.29 is 4.39 Å². The van der Waals surface area contributed by atoms with Crippen LogP contribution in [0.15, 0.2) is 54.7 Å². The van der Waals surface area contributed by atoms with Crippen molar-refractivity contribution in [3.05, 3.63) is 82.4 Å². The second-order valence-electron chi connectivity index (χ2n) is 6.32. The highest BCUT2D eigenvalue weighted by atomic mass is 35.5. The third-order valence-electron chi connectivity index (χ3n) is 4.49. The average molecular weight is 369 g/mol. The Bertz CT molecular complexity index is 931. The van der Waals surface area contributed by atoms with Crippen LogP contribution in [-0.4, -0.2) is 21.4 Å². The molecule has 1 N–H and O–H groups in total. The van der Waals surface area contributed by atoms with Crippen molar-refractivity contribution in [1.29, 1.82) is 0 Å². The molecule has 0 radical (unpaired) electrons. The van der Waals surface area contributed by atoms with Crippen LogP contribution in [0.2, 0.25) is 5.02 Å². The van der Waals surface area contributed by atoms with Crippen molar-refractivity contribution >= 4 is 23.2 Å². The first kappa shape index (κ1) is 16.9. The SMILES string of the molecule is Fc1ccccc1Nc1ncc2c(n1)CCN(Cc1ccccc1Cl)C2. The minimum absolute atomic E-state index is 0.320. The monoisotopic (exact) mass is 368 g/mol. The lowest BCUT2D eigenvalue weighted by Gasteiger charge is -2.28. The van der Waals surface area contributed by atoms with Gasteiger partial charge < -0.3 is 5.32 Å². The van der Waals surface area contributed by atoms with Crippen LogP contribution in [0.1, 0.15) is 16.8 Å². The normalized spacial score (nSPS) is 14.1. The van der Waals surface area contributed by atoms with E-state index in [9.17, 15) is 4.39 Å². The van der Waals surface area contributed by atoms with Crippen LogP contribution >= 0.6 is 11.6 Å². The second-order valence-corrected chi connectivity index (χ2v) is 6.73. The lowest BCUT2D eigenvalue weighted by Crippen LogP contribution is -2.31. The van der Waals surface area contributed by atoms with E-state index in [0.717, 1.165) is 47.9 Å². The number of hydrogen-bond acceptors (Lipinski definition) is 4. The van der Waals surface area contributed by atoms with Crippen LogP contribution in [0.4, 0.5) is 16.0 Å². The summed E-state index contributed by atoms with van der Waals surface area (Å²) in [6, 6.07) is 14.4. The Labute approximate surface area is 156 Å². The molecule has 4 rings (SSSR count). The first-order valence-corrected chi connectivity index (χ1v) is 8.89. The van der Waals surface area contributed by atoms with Crippen LogP contribution in [0.3, 0.4) is 0 Å². The number of hydrogen-bond donors (Lipinski definition) is 1. The van der Waals surface area contributed by atoms with E-state index < -0.39 is 0 Å². The summed E-state index contributed by atoms with van der Waals surface area (Å²) in [5.41, 5.74) is 3.61. The van der Waals surface area contributed by atoms with Gasteiger partial charge in [0.1, 0.15) is 5.82 Å². The number of rotatable bonds is 4. The molecular weight excluding hydrogens is 351 g/mol. The smallest absolute Gasteiger partial charge is 0.227 e. The van der Waals surface area contributed by atoms with Gasteiger partial charge in [-0.2, -0.15) is 0 Å². The first-order valence-electron chi connectivity index (χ1n) is 8.51. The third kappa shape index (κ3) is 3.69. The molecule has 4 nitrogen and oxygen atoms in total. The summed E-state index contributed by atoms with van der Waals surface area (Å²) in [7, 11) is 0. The van der Waals surface area contributed by atoms with Crippen molar-refractivity contribution in [2.75, 3.05) is 11.9 Å². The summed E-state index contributed by atoms with van der Waals surface area (Å²) >= 11 is 6.26. The molecule has 2 heterocycles. The Morgan fingerprint density at radius 3 is 2.77 bits per heavy atom. The summed E-state index contributed by atoms with van der Waals surface area (Å²) in [5.74, 6) is 0.105. The highest BCUT2D eigenvalue weighted by molar-refractivity contribution is 6.31. The van der Waals surface area contributed by atoms with Crippen molar-refractivity contribution in [3.63, 3.8) is 0 Å². The Balaban J connectivity index is 1.47. The fraction of sp³-hybridized carbons (Fsp3) is 0.200. The Kier molecular flexibility index (Phi) is 4.82. The number of anilines is 2. The highest BCUT2D eigenvalue weighted by Gasteiger charge is 2.19. The minimum Gasteiger partial charge on any atom is -0.322 e. The minimum atomic E-state index is -0.320. The van der Waals surface area contributed by atoms with E-state index in [0.29, 0.717) is 11.6 Å². The van der Waals surface area contributed by atoms with Crippen LogP contribution in [0, 0.1) is 5.82 Å². The van der Waals surface area contributed by atoms with Crippen molar-refractivity contribution in [2.45, 2.75) is 19.5 Å². The molecule has 0 amide bonds. The summed E-state index contributed by atoms with van der Waals surface area (Å²) in [4.78, 5) is 11.2. The Hall–Kier alpha value is -2.50. The van der Waals surface area contributed by atoms with Crippen LogP contribution in [0.5, 0.6) is 0 Å². The second kappa shape index (κ2) is 7.40. The Morgan fingerprint density at radius 1 is 1.12 bits per heavy atom. The van der Waals surface area contributed by atoms with Gasteiger partial charge in [-0.3, -0.25) is 4.90 Å². The molecule has 0 bridgehead atoms. The van der Waals surface area contributed by atoms with Crippen LogP contribution < -0.4 is 5.32 Å². The summed E-state index contributed by atoms with van der Waals surface area (Å²) in [5, 5.41) is 3.74. The van der Waals surface area contributed by atoms with E-state index in [4.69, 9.17) is 11.6 Å². The van der Waals surface area contributed by atoms with E-state index in [1.165, 1.54) is 6.07 Å². The van der Waals surface area contributed by atoms with Gasteiger partial charge in [-0.15, -0.1) is 0 Å². The quantitative estimate of drug-likeness (QED) is 0.732. The van der Waals surface area contributed by atoms with Crippen molar-refractivity contribution in [2.24, 2.45) is 0 Å². The molecule has 0 fully saturated rings. The van der Waals surface area contributed by atoms with Gasteiger partial charge in [-0.05, 0) is 23.8 Å². The lowest BCUT2D eigenvalue weighted by molar-refractivity contribution is 0.243. The Morgan fingerprint density at radius 2 is 1.92 bits per heavy atom. The largest absolute Gasteiger partial charge is 0.322 e. The molecule has 2 aromatic carbocycles. The maximum atomic E-state index is 13.8. The predicted molar refractivity (Wildman–Crippen MR) is 101 cm³/mol. The van der Waals surface area contributed by atoms with Gasteiger partial charge in [-0.1, -0.05) is 41.9 Å². The van der Waals surface area contributed by atoms with Gasteiger partial charge in [-0.25, -0.2) is 14.4 Å². The number of fused-ring (bicyclic) bond motifs is 1. The number of halogens is 2. The molecule has 1 aromatic heterocycles. The van der Waals surface area contributed by atoms with E-state index in [1.54, 1.807) is 18.2 Å². The van der Waals surface area contributed by atoms with Crippen molar-refractivity contribution in [1.82, 2.24) is 14.9 Å². The van der Waals surface area contributed by atoms with E-state index in [2.05, 4.69) is 26.3 Å². The highest BCUT2D eigenvalue weighted by Crippen LogP contribution is 2.24. The molecule has 6 heteroatoms. The summed E-state index contributed by atoms with van der Waals surface area (Å²) in [6.07, 6.45) is 2.65. The topological polar surface area (TPSA) is 41.1 Å². The maximum Gasteiger partial charge on any atom is 0.227 e. The van der Waals surface area contributed by atoms with Gasteiger partial charge in [0.05, 0.1) is 11.4 Å². The lowest BCUT2D eigenvalue weighted by atomic mass is 10.1. The fourth-order valence-corrected chi connectivity index (χ4v) is 3.32. The van der Waals surface area contributed by atoms with E-state index >= 15 is 0 Å². The molecule has 0 unspecified atom stereocenters. The standard InChI is InChI=1S/C20H18ClFN4/c21-16-6-2-1-5-14(16)12-26-10-9-18-15(13-26)11-23-20(24-18)25-19-8-4-3-7-17(19)22/h1-8,11H,9-10,12-13H2,(H,23,24,25). The molecule has 132 valence electrons. The maximum absolute atomic E-state index is 13.8. The first-order chi connectivity index (χ1) is 12.7. The van der Waals surface area contributed by atoms with Crippen LogP contribution in [-0.2, 0) is 19.5 Å². The molecule has 0 saturated heterocycles. The molecule has 0 aliphatic carbocycles. The predicted octanol–water partition coefficient (Wildman–Crippen LogP) is 4.57. The number of aromatic nitrogens is 2. The molecule has 1 aliphatic rings. The molecule has 0 spiro atoms. The molecule has 26 heavy (non-hydrogen) atoms. The molecule has 0 atom stereocenters. The van der Waals surface area contributed by atoms with Gasteiger partial charge in [0.2, 0.25) is 5.95 Å². The van der Waals surface area contributed by atoms with Crippen LogP contribution in [0.25, 0.3) is 0 Å². The number of nitrogens with one attached hydrogen (secondary N) is 1. The molecule has 3 aromatic rings. The van der Waals surface area contributed by atoms with Gasteiger partial charge in [0.25, 0.3) is 0 Å². The van der Waals surface area contributed by atoms with E-state index in [1.807, 2.05) is 24.4 Å². The summed E-state index contributed by atoms with van der Waals surface area (Å²) in [6.45, 7) is 2.48. The zero-order chi connectivity index (χ0) is 17.9.